The topological polar surface area (TPSA) is 112 Å². The molecule has 5 atom stereocenters. The Hall–Kier alpha value is -2.13. The minimum atomic E-state index is -1.23. The van der Waals surface area contributed by atoms with Crippen molar-refractivity contribution in [3.63, 3.8) is 0 Å². The molecule has 9 nitrogen and oxygen atoms in total. The Morgan fingerprint density at radius 1 is 1.00 bits per heavy atom. The molecular formula is C25H41NO8. The maximum Gasteiger partial charge on any atom is 0.420 e. The van der Waals surface area contributed by atoms with Gasteiger partial charge in [-0.25, -0.2) is 14.4 Å². The van der Waals surface area contributed by atoms with Crippen molar-refractivity contribution < 1.29 is 38.4 Å². The first kappa shape index (κ1) is 28.1. The normalized spacial score (nSPS) is 28.7. The molecule has 0 aromatic carbocycles. The summed E-state index contributed by atoms with van der Waals surface area (Å²) in [5.41, 5.74) is -1.77. The Morgan fingerprint density at radius 3 is 2.06 bits per heavy atom. The summed E-state index contributed by atoms with van der Waals surface area (Å²) in [5, 5.41) is 10.7. The number of esters is 1. The molecule has 0 aromatic rings. The van der Waals surface area contributed by atoms with Gasteiger partial charge in [-0.3, -0.25) is 0 Å². The first-order valence-electron chi connectivity index (χ1n) is 12.1. The maximum atomic E-state index is 13.3. The number of carbonyl (C=O) groups is 3. The number of amides is 2. The average molecular weight is 484 g/mol. The van der Waals surface area contributed by atoms with E-state index in [-0.39, 0.29) is 12.5 Å². The van der Waals surface area contributed by atoms with E-state index in [0.717, 1.165) is 17.7 Å². The van der Waals surface area contributed by atoms with Crippen molar-refractivity contribution in [2.45, 2.75) is 129 Å². The van der Waals surface area contributed by atoms with Crippen molar-refractivity contribution in [2.24, 2.45) is 0 Å². The lowest BCUT2D eigenvalue weighted by Crippen LogP contribution is -2.54. The van der Waals surface area contributed by atoms with Gasteiger partial charge in [0.05, 0.1) is 12.2 Å². The Kier molecular flexibility index (Phi) is 9.53. The smallest absolute Gasteiger partial charge is 0.420 e. The van der Waals surface area contributed by atoms with Crippen molar-refractivity contribution in [1.29, 1.82) is 0 Å². The molecular weight excluding hydrogens is 442 g/mol. The van der Waals surface area contributed by atoms with Gasteiger partial charge in [-0.1, -0.05) is 25.0 Å². The molecule has 1 aliphatic heterocycles. The van der Waals surface area contributed by atoms with Crippen molar-refractivity contribution in [3.05, 3.63) is 12.2 Å². The minimum Gasteiger partial charge on any atom is -0.458 e. The third kappa shape index (κ3) is 8.58. The molecule has 1 unspecified atom stereocenters. The summed E-state index contributed by atoms with van der Waals surface area (Å²) in [6, 6.07) is -1.23. The van der Waals surface area contributed by atoms with Crippen molar-refractivity contribution in [1.82, 2.24) is 4.90 Å². The van der Waals surface area contributed by atoms with Gasteiger partial charge in [-0.15, -0.1) is 0 Å². The molecule has 1 fully saturated rings. The third-order valence-electron chi connectivity index (χ3n) is 5.44. The zero-order valence-corrected chi connectivity index (χ0v) is 21.5. The molecule has 2 aliphatic rings. The largest absolute Gasteiger partial charge is 0.458 e. The zero-order valence-electron chi connectivity index (χ0n) is 21.5. The van der Waals surface area contributed by atoms with Gasteiger partial charge in [0.15, 0.2) is 0 Å². The molecule has 1 aliphatic carbocycles. The van der Waals surface area contributed by atoms with Gasteiger partial charge in [0, 0.05) is 0 Å². The van der Waals surface area contributed by atoms with E-state index >= 15 is 0 Å². The molecule has 0 aromatic heterocycles. The summed E-state index contributed by atoms with van der Waals surface area (Å²) in [4.78, 5) is 40.1. The first-order valence-corrected chi connectivity index (χ1v) is 12.1. The molecule has 2 rings (SSSR count). The van der Waals surface area contributed by atoms with Crippen LogP contribution in [0.3, 0.4) is 0 Å². The third-order valence-corrected chi connectivity index (χ3v) is 5.44. The second-order valence-electron chi connectivity index (χ2n) is 11.0. The van der Waals surface area contributed by atoms with Crippen LogP contribution in [0.4, 0.5) is 9.59 Å². The lowest BCUT2D eigenvalue weighted by atomic mass is 9.98. The van der Waals surface area contributed by atoms with Crippen molar-refractivity contribution in [3.8, 4) is 0 Å². The summed E-state index contributed by atoms with van der Waals surface area (Å²) in [7, 11) is 0. The lowest BCUT2D eigenvalue weighted by Gasteiger charge is -2.35. The van der Waals surface area contributed by atoms with Crippen LogP contribution in [0.5, 0.6) is 0 Å². The fraction of sp³-hybridized carbons (Fsp3) is 0.800. The summed E-state index contributed by atoms with van der Waals surface area (Å²) < 4.78 is 22.6. The number of allylic oxidation sites excluding steroid dienone is 1. The van der Waals surface area contributed by atoms with Crippen LogP contribution in [0.25, 0.3) is 0 Å². The monoisotopic (exact) mass is 483 g/mol. The second-order valence-corrected chi connectivity index (χ2v) is 11.0. The molecule has 1 saturated heterocycles. The van der Waals surface area contributed by atoms with Gasteiger partial charge in [-0.2, -0.15) is 4.90 Å². The Bertz CT molecular complexity index is 723. The molecule has 2 amide bonds. The molecule has 0 radical (unpaired) electrons. The molecule has 0 bridgehead atoms. The number of aliphatic hydroxyl groups is 1. The number of aliphatic hydroxyl groups excluding tert-OH is 1. The van der Waals surface area contributed by atoms with Gasteiger partial charge in [0.25, 0.3) is 0 Å². The molecule has 0 saturated carbocycles. The zero-order chi connectivity index (χ0) is 25.7. The van der Waals surface area contributed by atoms with E-state index in [1.54, 1.807) is 48.5 Å². The van der Waals surface area contributed by atoms with E-state index in [2.05, 4.69) is 0 Å². The van der Waals surface area contributed by atoms with Gasteiger partial charge >= 0.3 is 18.2 Å². The Morgan fingerprint density at radius 2 is 1.56 bits per heavy atom. The SMILES string of the molecule is C[C@@H]1OC(=O)[C@@H](N(C(=O)OC(C)(C)C)C(=O)OC(C)(C)C)CCCC[C@H](O)[C@H]1OC1C=CCC1. The average Bonchev–Trinajstić information content (AvgIpc) is 3.17. The number of rotatable bonds is 3. The van der Waals surface area contributed by atoms with Gasteiger partial charge in [-0.05, 0) is 74.1 Å². The molecule has 1 N–H and O–H groups in total. The molecule has 0 spiro atoms. The van der Waals surface area contributed by atoms with Crippen LogP contribution < -0.4 is 0 Å². The van der Waals surface area contributed by atoms with Crippen LogP contribution in [0.1, 0.15) is 87.0 Å². The molecule has 194 valence electrons. The highest BCUT2D eigenvalue weighted by molar-refractivity contribution is 5.94. The molecule has 34 heavy (non-hydrogen) atoms. The Labute approximate surface area is 202 Å². The van der Waals surface area contributed by atoms with E-state index in [1.807, 2.05) is 12.2 Å². The fourth-order valence-corrected chi connectivity index (χ4v) is 3.92. The Balaban J connectivity index is 2.30. The van der Waals surface area contributed by atoms with Gasteiger partial charge in [0.1, 0.15) is 29.5 Å². The fourth-order valence-electron chi connectivity index (χ4n) is 3.92. The van der Waals surface area contributed by atoms with Crippen molar-refractivity contribution >= 4 is 18.2 Å². The lowest BCUT2D eigenvalue weighted by molar-refractivity contribution is -0.173. The second kappa shape index (κ2) is 11.5. The standard InChI is InChI=1S/C25H41NO8/c1-16-20(32-17-12-8-9-13-17)19(27)15-11-10-14-18(21(28)31-16)26(22(29)33-24(2,3)4)23(30)34-25(5,6)7/h8,12,16-20,27H,9-11,13-15H2,1-7H3/t16-,17?,18-,19-,20-/m0/s1. The predicted molar refractivity (Wildman–Crippen MR) is 125 cm³/mol. The van der Waals surface area contributed by atoms with Crippen LogP contribution in [0.2, 0.25) is 0 Å². The van der Waals surface area contributed by atoms with Gasteiger partial charge in [0.2, 0.25) is 0 Å². The summed E-state index contributed by atoms with van der Waals surface area (Å²) in [6.45, 7) is 11.7. The summed E-state index contributed by atoms with van der Waals surface area (Å²) in [5.74, 6) is -0.770. The van der Waals surface area contributed by atoms with Crippen molar-refractivity contribution in [2.75, 3.05) is 0 Å². The predicted octanol–water partition coefficient (Wildman–Crippen LogP) is 4.50. The van der Waals surface area contributed by atoms with Crippen LogP contribution in [-0.4, -0.2) is 69.8 Å². The number of imide groups is 1. The maximum absolute atomic E-state index is 13.3. The minimum absolute atomic E-state index is 0.153. The van der Waals surface area contributed by atoms with Crippen LogP contribution in [-0.2, 0) is 23.7 Å². The van der Waals surface area contributed by atoms with E-state index in [1.165, 1.54) is 0 Å². The number of carbonyl (C=O) groups excluding carboxylic acids is 3. The number of hydrogen-bond acceptors (Lipinski definition) is 8. The van der Waals surface area contributed by atoms with E-state index < -0.39 is 53.7 Å². The highest BCUT2D eigenvalue weighted by Gasteiger charge is 2.43. The number of ether oxygens (including phenoxy) is 4. The summed E-state index contributed by atoms with van der Waals surface area (Å²) in [6.07, 6.45) is 2.87. The van der Waals surface area contributed by atoms with Crippen LogP contribution in [0.15, 0.2) is 12.2 Å². The molecule has 1 heterocycles. The van der Waals surface area contributed by atoms with Gasteiger partial charge < -0.3 is 24.1 Å². The summed E-state index contributed by atoms with van der Waals surface area (Å²) >= 11 is 0. The van der Waals surface area contributed by atoms with Crippen LogP contribution in [0, 0.1) is 0 Å². The van der Waals surface area contributed by atoms with E-state index in [0.29, 0.717) is 19.3 Å². The quantitative estimate of drug-likeness (QED) is 0.355. The van der Waals surface area contributed by atoms with E-state index in [4.69, 9.17) is 18.9 Å². The van der Waals surface area contributed by atoms with Crippen LogP contribution >= 0.6 is 0 Å². The number of cyclic esters (lactones) is 1. The highest BCUT2D eigenvalue weighted by atomic mass is 16.6. The first-order chi connectivity index (χ1) is 15.7. The van der Waals surface area contributed by atoms with E-state index in [9.17, 15) is 19.5 Å². The highest BCUT2D eigenvalue weighted by Crippen LogP contribution is 2.26. The number of nitrogens with zero attached hydrogens (tertiary/aromatic N) is 1. The molecule has 9 heteroatoms. The number of hydrogen-bond donors (Lipinski definition) is 1.